The summed E-state index contributed by atoms with van der Waals surface area (Å²) in [7, 11) is -3.70. The molecule has 0 aliphatic heterocycles. The number of furan rings is 1. The molecule has 0 fully saturated rings. The van der Waals surface area contributed by atoms with Gasteiger partial charge in [-0.15, -0.1) is 11.3 Å². The number of thiophene rings is 1. The van der Waals surface area contributed by atoms with E-state index in [-0.39, 0.29) is 16.7 Å². The summed E-state index contributed by atoms with van der Waals surface area (Å²) in [6.07, 6.45) is 1.51. The lowest BCUT2D eigenvalue weighted by Crippen LogP contribution is -2.40. The number of rotatable bonds is 6. The van der Waals surface area contributed by atoms with Gasteiger partial charge < -0.3 is 9.52 Å². The lowest BCUT2D eigenvalue weighted by Gasteiger charge is -2.21. The quantitative estimate of drug-likeness (QED) is 0.849. The fourth-order valence-electron chi connectivity index (χ4n) is 1.75. The minimum Gasteiger partial charge on any atom is -0.469 e. The second-order valence-corrected chi connectivity index (χ2v) is 7.93. The molecule has 5 nitrogen and oxygen atoms in total. The van der Waals surface area contributed by atoms with E-state index < -0.39 is 16.1 Å². The van der Waals surface area contributed by atoms with Crippen molar-refractivity contribution < 1.29 is 17.9 Å². The van der Waals surface area contributed by atoms with Crippen LogP contribution in [0.15, 0.2) is 39.2 Å². The van der Waals surface area contributed by atoms with Gasteiger partial charge in [-0.1, -0.05) is 18.5 Å². The van der Waals surface area contributed by atoms with Crippen molar-refractivity contribution in [2.24, 2.45) is 0 Å². The Balaban J connectivity index is 2.18. The molecule has 2 N–H and O–H groups in total. The van der Waals surface area contributed by atoms with Gasteiger partial charge in [0.15, 0.2) is 0 Å². The van der Waals surface area contributed by atoms with Crippen LogP contribution in [0.25, 0.3) is 0 Å². The number of aliphatic hydroxyl groups is 1. The molecule has 2 rings (SSSR count). The molecule has 8 heteroatoms. The van der Waals surface area contributed by atoms with E-state index in [9.17, 15) is 13.5 Å². The van der Waals surface area contributed by atoms with Crippen molar-refractivity contribution in [2.75, 3.05) is 6.61 Å². The zero-order valence-electron chi connectivity index (χ0n) is 10.6. The molecule has 0 bridgehead atoms. The van der Waals surface area contributed by atoms with Crippen molar-refractivity contribution >= 4 is 33.0 Å². The fourth-order valence-corrected chi connectivity index (χ4v) is 4.55. The van der Waals surface area contributed by atoms with Crippen LogP contribution in [0.5, 0.6) is 0 Å². The highest BCUT2D eigenvalue weighted by Gasteiger charge is 2.27. The summed E-state index contributed by atoms with van der Waals surface area (Å²) in [6, 6.07) is 5.73. The topological polar surface area (TPSA) is 79.5 Å². The third-order valence-electron chi connectivity index (χ3n) is 2.91. The van der Waals surface area contributed by atoms with Crippen molar-refractivity contribution in [3.8, 4) is 0 Å². The Morgan fingerprint density at radius 1 is 1.45 bits per heavy atom. The molecule has 2 heterocycles. The maximum Gasteiger partial charge on any atom is 0.250 e. The molecule has 2 aromatic heterocycles. The van der Waals surface area contributed by atoms with E-state index in [1.165, 1.54) is 18.4 Å². The molecular weight excluding hydrogens is 322 g/mol. The predicted octanol–water partition coefficient (Wildman–Crippen LogP) is 2.44. The van der Waals surface area contributed by atoms with Crippen LogP contribution in [0.1, 0.15) is 18.6 Å². The first kappa shape index (κ1) is 15.5. The fraction of sp³-hybridized carbons (Fsp3) is 0.333. The smallest absolute Gasteiger partial charge is 0.250 e. The summed E-state index contributed by atoms with van der Waals surface area (Å²) >= 11 is 6.71. The van der Waals surface area contributed by atoms with Crippen LogP contribution in [-0.2, 0) is 10.0 Å². The molecule has 0 saturated heterocycles. The molecule has 0 aromatic carbocycles. The second-order valence-electron chi connectivity index (χ2n) is 4.27. The second kappa shape index (κ2) is 6.28. The molecule has 0 spiro atoms. The Kier molecular flexibility index (Phi) is 4.87. The summed E-state index contributed by atoms with van der Waals surface area (Å²) in [5.41, 5.74) is 0. The normalized spacial score (nSPS) is 15.2. The Hall–Kier alpha value is -0.860. The summed E-state index contributed by atoms with van der Waals surface area (Å²) in [5, 5.41) is 9.42. The van der Waals surface area contributed by atoms with Gasteiger partial charge in [-0.2, -0.15) is 0 Å². The Morgan fingerprint density at radius 2 is 2.20 bits per heavy atom. The van der Waals surface area contributed by atoms with Gasteiger partial charge in [-0.05, 0) is 24.3 Å². The molecule has 2 aromatic rings. The summed E-state index contributed by atoms with van der Waals surface area (Å²) in [6.45, 7) is 1.45. The standard InChI is InChI=1S/C12H14ClNO4S2/c1-8(10-3-2-6-18-10)9(7-15)14-20(16,17)12-5-4-11(13)19-12/h2-6,8-9,14-15H,7H2,1H3/t8-,9+/m1/s1. The zero-order valence-corrected chi connectivity index (χ0v) is 13.0. The van der Waals surface area contributed by atoms with Crippen LogP contribution in [0.2, 0.25) is 4.34 Å². The van der Waals surface area contributed by atoms with Crippen LogP contribution >= 0.6 is 22.9 Å². The monoisotopic (exact) mass is 335 g/mol. The molecule has 110 valence electrons. The molecule has 0 unspecified atom stereocenters. The van der Waals surface area contributed by atoms with Gasteiger partial charge in [0.25, 0.3) is 0 Å². The maximum atomic E-state index is 12.2. The number of hydrogen-bond acceptors (Lipinski definition) is 5. The predicted molar refractivity (Wildman–Crippen MR) is 77.6 cm³/mol. The van der Waals surface area contributed by atoms with Crippen molar-refractivity contribution in [2.45, 2.75) is 23.1 Å². The van der Waals surface area contributed by atoms with Gasteiger partial charge >= 0.3 is 0 Å². The maximum absolute atomic E-state index is 12.2. The Bertz CT molecular complexity index is 651. The molecule has 20 heavy (non-hydrogen) atoms. The first-order valence-corrected chi connectivity index (χ1v) is 8.53. The van der Waals surface area contributed by atoms with E-state index in [4.69, 9.17) is 16.0 Å². The average Bonchev–Trinajstić information content (AvgIpc) is 3.06. The zero-order chi connectivity index (χ0) is 14.8. The highest BCUT2D eigenvalue weighted by molar-refractivity contribution is 7.91. The third kappa shape index (κ3) is 3.42. The Morgan fingerprint density at radius 3 is 2.70 bits per heavy atom. The van der Waals surface area contributed by atoms with E-state index in [0.29, 0.717) is 10.1 Å². The summed E-state index contributed by atoms with van der Waals surface area (Å²) < 4.78 is 32.6. The van der Waals surface area contributed by atoms with E-state index in [2.05, 4.69) is 4.72 Å². The van der Waals surface area contributed by atoms with Crippen molar-refractivity contribution in [1.82, 2.24) is 4.72 Å². The highest BCUT2D eigenvalue weighted by Crippen LogP contribution is 2.27. The number of nitrogens with one attached hydrogen (secondary N) is 1. The molecule has 0 amide bonds. The minimum absolute atomic E-state index is 0.118. The summed E-state index contributed by atoms with van der Waals surface area (Å²) in [5.74, 6) is 0.316. The molecular formula is C12H14ClNO4S2. The molecule has 0 radical (unpaired) electrons. The Labute approximate surface area is 126 Å². The van der Waals surface area contributed by atoms with Gasteiger partial charge in [-0.3, -0.25) is 0 Å². The lowest BCUT2D eigenvalue weighted by atomic mass is 10.0. The average molecular weight is 336 g/mol. The van der Waals surface area contributed by atoms with Gasteiger partial charge in [0.2, 0.25) is 10.0 Å². The number of hydrogen-bond donors (Lipinski definition) is 2. The van der Waals surface area contributed by atoms with Crippen molar-refractivity contribution in [3.05, 3.63) is 40.6 Å². The minimum atomic E-state index is -3.70. The number of sulfonamides is 1. The number of halogens is 1. The first-order chi connectivity index (χ1) is 9.44. The van der Waals surface area contributed by atoms with Gasteiger partial charge in [0.05, 0.1) is 23.2 Å². The van der Waals surface area contributed by atoms with E-state index in [1.54, 1.807) is 19.1 Å². The van der Waals surface area contributed by atoms with Crippen LogP contribution in [0, 0.1) is 0 Å². The molecule has 0 aliphatic carbocycles. The van der Waals surface area contributed by atoms with Crippen LogP contribution < -0.4 is 4.72 Å². The van der Waals surface area contributed by atoms with Crippen LogP contribution in [0.4, 0.5) is 0 Å². The highest BCUT2D eigenvalue weighted by atomic mass is 35.5. The number of aliphatic hydroxyl groups excluding tert-OH is 1. The molecule has 2 atom stereocenters. The third-order valence-corrected chi connectivity index (χ3v) is 6.13. The van der Waals surface area contributed by atoms with Crippen LogP contribution in [-0.4, -0.2) is 26.2 Å². The van der Waals surface area contributed by atoms with Gasteiger partial charge in [0, 0.05) is 5.92 Å². The molecule has 0 aliphatic rings. The lowest BCUT2D eigenvalue weighted by molar-refractivity contribution is 0.234. The van der Waals surface area contributed by atoms with E-state index >= 15 is 0 Å². The first-order valence-electron chi connectivity index (χ1n) is 5.86. The SMILES string of the molecule is C[C@@H](c1ccco1)[C@H](CO)NS(=O)(=O)c1ccc(Cl)s1. The van der Waals surface area contributed by atoms with Gasteiger partial charge in [0.1, 0.15) is 9.97 Å². The van der Waals surface area contributed by atoms with E-state index in [0.717, 1.165) is 11.3 Å². The van der Waals surface area contributed by atoms with Crippen LogP contribution in [0.3, 0.4) is 0 Å². The molecule has 0 saturated carbocycles. The van der Waals surface area contributed by atoms with Crippen molar-refractivity contribution in [3.63, 3.8) is 0 Å². The van der Waals surface area contributed by atoms with Gasteiger partial charge in [-0.25, -0.2) is 13.1 Å². The summed E-state index contributed by atoms with van der Waals surface area (Å²) in [4.78, 5) is 0. The van der Waals surface area contributed by atoms with Crippen molar-refractivity contribution in [1.29, 1.82) is 0 Å². The largest absolute Gasteiger partial charge is 0.469 e. The van der Waals surface area contributed by atoms with E-state index in [1.807, 2.05) is 0 Å².